The summed E-state index contributed by atoms with van der Waals surface area (Å²) < 4.78 is 13.0. The van der Waals surface area contributed by atoms with E-state index in [2.05, 4.69) is 43.3 Å². The standard InChI is InChI=1S/C39H38O4/c1-2-3-21-42-38-32-17-9-18-33(38)23-29-14-8-16-31(37(29)41)25-35-20-10-19-34(24-30-15-7-13-28(22-32)36(30)40)39(35)43-26-27-11-5-4-6-12-27/h4-20,40-41H,2-3,21-26H2,1H3. The van der Waals surface area contributed by atoms with Crippen LogP contribution in [-0.4, -0.2) is 16.8 Å². The van der Waals surface area contributed by atoms with Gasteiger partial charge in [-0.15, -0.1) is 0 Å². The molecule has 0 spiro atoms. The predicted molar refractivity (Wildman–Crippen MR) is 171 cm³/mol. The lowest BCUT2D eigenvalue weighted by molar-refractivity contribution is 0.300. The summed E-state index contributed by atoms with van der Waals surface area (Å²) in [5.41, 5.74) is 8.53. The summed E-state index contributed by atoms with van der Waals surface area (Å²) in [4.78, 5) is 0. The third kappa shape index (κ3) is 6.39. The molecule has 0 atom stereocenters. The van der Waals surface area contributed by atoms with Gasteiger partial charge in [-0.3, -0.25) is 0 Å². The normalized spacial score (nSPS) is 12.5. The van der Waals surface area contributed by atoms with Gasteiger partial charge in [0.15, 0.2) is 0 Å². The van der Waals surface area contributed by atoms with Crippen LogP contribution in [0.15, 0.2) is 103 Å². The molecule has 43 heavy (non-hydrogen) atoms. The van der Waals surface area contributed by atoms with E-state index in [0.717, 1.165) is 74.4 Å². The zero-order valence-corrected chi connectivity index (χ0v) is 24.7. The highest BCUT2D eigenvalue weighted by atomic mass is 16.5. The van der Waals surface area contributed by atoms with E-state index < -0.39 is 0 Å². The van der Waals surface area contributed by atoms with E-state index >= 15 is 0 Å². The Hall–Kier alpha value is -4.70. The van der Waals surface area contributed by atoms with Crippen LogP contribution in [0.2, 0.25) is 0 Å². The Kier molecular flexibility index (Phi) is 8.65. The SMILES string of the molecule is CCCCOc1c2cccc1Cc1cccc(c1O)Cc1cccc(c1OCc1ccccc1)Cc1cccc(c1O)C2. The highest BCUT2D eigenvalue weighted by Gasteiger charge is 2.20. The van der Waals surface area contributed by atoms with Crippen LogP contribution in [0.4, 0.5) is 0 Å². The minimum atomic E-state index is 0.307. The summed E-state index contributed by atoms with van der Waals surface area (Å²) in [7, 11) is 0. The first-order valence-electron chi connectivity index (χ1n) is 15.2. The molecule has 0 aliphatic heterocycles. The van der Waals surface area contributed by atoms with Crippen LogP contribution in [0.3, 0.4) is 0 Å². The maximum Gasteiger partial charge on any atom is 0.126 e. The molecule has 8 bridgehead atoms. The molecule has 218 valence electrons. The maximum absolute atomic E-state index is 11.6. The van der Waals surface area contributed by atoms with Crippen molar-refractivity contribution in [2.24, 2.45) is 0 Å². The topological polar surface area (TPSA) is 58.9 Å². The van der Waals surface area contributed by atoms with Gasteiger partial charge in [-0.05, 0) is 56.5 Å². The molecular formula is C39H38O4. The average molecular weight is 571 g/mol. The lowest BCUT2D eigenvalue weighted by atomic mass is 9.91. The molecule has 5 aromatic rings. The Morgan fingerprint density at radius 2 is 0.884 bits per heavy atom. The molecule has 5 aromatic carbocycles. The van der Waals surface area contributed by atoms with Gasteiger partial charge in [-0.2, -0.15) is 0 Å². The van der Waals surface area contributed by atoms with Crippen molar-refractivity contribution in [2.75, 3.05) is 6.61 Å². The molecule has 0 heterocycles. The maximum atomic E-state index is 11.6. The number of benzene rings is 5. The van der Waals surface area contributed by atoms with Crippen molar-refractivity contribution in [1.29, 1.82) is 0 Å². The van der Waals surface area contributed by atoms with Gasteiger partial charge in [0, 0.05) is 25.7 Å². The minimum absolute atomic E-state index is 0.307. The quantitative estimate of drug-likeness (QED) is 0.189. The summed E-state index contributed by atoms with van der Waals surface area (Å²) >= 11 is 0. The molecule has 0 saturated heterocycles. The zero-order valence-electron chi connectivity index (χ0n) is 24.7. The van der Waals surface area contributed by atoms with Crippen molar-refractivity contribution in [2.45, 2.75) is 52.1 Å². The molecule has 0 amide bonds. The second-order valence-electron chi connectivity index (χ2n) is 11.3. The molecule has 1 aliphatic rings. The Morgan fingerprint density at radius 1 is 0.488 bits per heavy atom. The Bertz CT molecular complexity index is 1610. The lowest BCUT2D eigenvalue weighted by Crippen LogP contribution is -2.06. The fourth-order valence-corrected chi connectivity index (χ4v) is 5.93. The van der Waals surface area contributed by atoms with Crippen LogP contribution in [0.25, 0.3) is 0 Å². The number of ether oxygens (including phenoxy) is 2. The Balaban J connectivity index is 1.48. The van der Waals surface area contributed by atoms with Crippen LogP contribution in [0.1, 0.15) is 69.8 Å². The van der Waals surface area contributed by atoms with Crippen LogP contribution in [0, 0.1) is 0 Å². The van der Waals surface area contributed by atoms with Crippen molar-refractivity contribution < 1.29 is 19.7 Å². The van der Waals surface area contributed by atoms with E-state index in [1.807, 2.05) is 66.7 Å². The molecule has 0 fully saturated rings. The van der Waals surface area contributed by atoms with E-state index in [0.29, 0.717) is 50.4 Å². The van der Waals surface area contributed by atoms with E-state index in [4.69, 9.17) is 9.47 Å². The molecule has 2 N–H and O–H groups in total. The highest BCUT2D eigenvalue weighted by Crippen LogP contribution is 2.38. The summed E-state index contributed by atoms with van der Waals surface area (Å²) in [5, 5.41) is 23.1. The first-order chi connectivity index (χ1) is 21.1. The molecular weight excluding hydrogens is 532 g/mol. The monoisotopic (exact) mass is 570 g/mol. The minimum Gasteiger partial charge on any atom is -0.507 e. The molecule has 4 heteroatoms. The van der Waals surface area contributed by atoms with E-state index in [9.17, 15) is 10.2 Å². The van der Waals surface area contributed by atoms with Crippen LogP contribution in [0.5, 0.6) is 23.0 Å². The second kappa shape index (κ2) is 13.1. The first-order valence-corrected chi connectivity index (χ1v) is 15.2. The molecule has 6 rings (SSSR count). The molecule has 0 saturated carbocycles. The van der Waals surface area contributed by atoms with Gasteiger partial charge in [0.1, 0.15) is 29.6 Å². The number of unbranched alkanes of at least 4 members (excludes halogenated alkanes) is 1. The van der Waals surface area contributed by atoms with E-state index in [-0.39, 0.29) is 0 Å². The van der Waals surface area contributed by atoms with E-state index in [1.165, 1.54) is 0 Å². The summed E-state index contributed by atoms with van der Waals surface area (Å²) in [6.07, 6.45) is 4.12. The largest absolute Gasteiger partial charge is 0.507 e. The average Bonchev–Trinajstić information content (AvgIpc) is 3.02. The van der Waals surface area contributed by atoms with Crippen molar-refractivity contribution in [3.8, 4) is 23.0 Å². The number of fused-ring (bicyclic) bond motifs is 8. The third-order valence-electron chi connectivity index (χ3n) is 8.26. The van der Waals surface area contributed by atoms with E-state index in [1.54, 1.807) is 0 Å². The van der Waals surface area contributed by atoms with Gasteiger partial charge >= 0.3 is 0 Å². The number of aromatic hydroxyl groups is 2. The number of hydrogen-bond acceptors (Lipinski definition) is 4. The number of phenolic OH excluding ortho intramolecular Hbond substituents is 2. The third-order valence-corrected chi connectivity index (χ3v) is 8.26. The Labute approximate surface area is 254 Å². The molecule has 0 radical (unpaired) electrons. The number of hydrogen-bond donors (Lipinski definition) is 2. The molecule has 1 aliphatic carbocycles. The van der Waals surface area contributed by atoms with Crippen molar-refractivity contribution in [3.05, 3.63) is 153 Å². The lowest BCUT2D eigenvalue weighted by Gasteiger charge is -2.20. The summed E-state index contributed by atoms with van der Waals surface area (Å²) in [5.74, 6) is 2.26. The molecule has 0 unspecified atom stereocenters. The van der Waals surface area contributed by atoms with Gasteiger partial charge in [-0.1, -0.05) is 116 Å². The van der Waals surface area contributed by atoms with Gasteiger partial charge in [-0.25, -0.2) is 0 Å². The van der Waals surface area contributed by atoms with Crippen LogP contribution >= 0.6 is 0 Å². The van der Waals surface area contributed by atoms with Crippen LogP contribution in [-0.2, 0) is 32.3 Å². The fraction of sp³-hybridized carbons (Fsp3) is 0.231. The van der Waals surface area contributed by atoms with Gasteiger partial charge in [0.05, 0.1) is 6.61 Å². The summed E-state index contributed by atoms with van der Waals surface area (Å²) in [6, 6.07) is 34.5. The highest BCUT2D eigenvalue weighted by molar-refractivity contribution is 5.55. The Morgan fingerprint density at radius 3 is 1.30 bits per heavy atom. The van der Waals surface area contributed by atoms with Gasteiger partial charge in [0.2, 0.25) is 0 Å². The predicted octanol–water partition coefficient (Wildman–Crippen LogP) is 8.53. The van der Waals surface area contributed by atoms with Gasteiger partial charge in [0.25, 0.3) is 0 Å². The fourth-order valence-electron chi connectivity index (χ4n) is 5.93. The first kappa shape index (κ1) is 28.4. The smallest absolute Gasteiger partial charge is 0.126 e. The van der Waals surface area contributed by atoms with Crippen LogP contribution < -0.4 is 9.47 Å². The summed E-state index contributed by atoms with van der Waals surface area (Å²) in [6.45, 7) is 3.21. The second-order valence-corrected chi connectivity index (χ2v) is 11.3. The van der Waals surface area contributed by atoms with Crippen molar-refractivity contribution in [1.82, 2.24) is 0 Å². The molecule has 4 nitrogen and oxygen atoms in total. The molecule has 0 aromatic heterocycles. The zero-order chi connectivity index (χ0) is 29.6. The van der Waals surface area contributed by atoms with Crippen molar-refractivity contribution in [3.63, 3.8) is 0 Å². The number of phenols is 2. The number of para-hydroxylation sites is 4. The van der Waals surface area contributed by atoms with Gasteiger partial charge < -0.3 is 19.7 Å². The number of rotatable bonds is 7. The van der Waals surface area contributed by atoms with Crippen molar-refractivity contribution >= 4 is 0 Å².